The van der Waals surface area contributed by atoms with Crippen molar-refractivity contribution in [1.82, 2.24) is 0 Å². The average Bonchev–Trinajstić information content (AvgIpc) is 2.41. The molecule has 0 spiro atoms. The Morgan fingerprint density at radius 3 is 1.84 bits per heavy atom. The smallest absolute Gasteiger partial charge is 0.0155 e. The van der Waals surface area contributed by atoms with Gasteiger partial charge < -0.3 is 0 Å². The molecule has 0 saturated heterocycles. The summed E-state index contributed by atoms with van der Waals surface area (Å²) in [7, 11) is 0. The number of aryl methyl sites for hydroxylation is 2. The third kappa shape index (κ3) is 5.13. The van der Waals surface area contributed by atoms with Crippen LogP contribution >= 0.6 is 0 Å². The molecule has 2 aromatic rings. The molecule has 0 bridgehead atoms. The van der Waals surface area contributed by atoms with E-state index in [-0.39, 0.29) is 0 Å². The second-order valence-electron chi connectivity index (χ2n) is 5.05. The summed E-state index contributed by atoms with van der Waals surface area (Å²) in [6.45, 7) is 10.5. The molecule has 0 unspecified atom stereocenters. The van der Waals surface area contributed by atoms with E-state index in [0.29, 0.717) is 0 Å². The van der Waals surface area contributed by atoms with Crippen molar-refractivity contribution < 1.29 is 0 Å². The minimum atomic E-state index is 1.30. The molecule has 0 atom stereocenters. The van der Waals surface area contributed by atoms with Gasteiger partial charge in [-0.1, -0.05) is 65.7 Å². The lowest BCUT2D eigenvalue weighted by atomic mass is 10.00. The molecule has 19 heavy (non-hydrogen) atoms. The van der Waals surface area contributed by atoms with Gasteiger partial charge in [-0.2, -0.15) is 0 Å². The minimum Gasteiger partial charge on any atom is -0.0890 e. The molecule has 0 aliphatic rings. The lowest BCUT2D eigenvalue weighted by molar-refractivity contribution is 1.36. The Morgan fingerprint density at radius 2 is 1.37 bits per heavy atom. The predicted molar refractivity (Wildman–Crippen MR) is 86.5 cm³/mol. The first kappa shape index (κ1) is 15.2. The lowest BCUT2D eigenvalue weighted by Gasteiger charge is -2.05. The number of hydrogen-bond donors (Lipinski definition) is 0. The quantitative estimate of drug-likeness (QED) is 0.551. The van der Waals surface area contributed by atoms with E-state index in [0.717, 1.165) is 0 Å². The van der Waals surface area contributed by atoms with Gasteiger partial charge in [0.15, 0.2) is 0 Å². The monoisotopic (exact) mass is 252 g/mol. The summed E-state index contributed by atoms with van der Waals surface area (Å²) in [5.74, 6) is 0. The zero-order valence-corrected chi connectivity index (χ0v) is 12.7. The highest BCUT2D eigenvalue weighted by molar-refractivity contribution is 5.67. The van der Waals surface area contributed by atoms with Crippen LogP contribution in [0.5, 0.6) is 0 Å². The van der Waals surface area contributed by atoms with Crippen LogP contribution < -0.4 is 0 Å². The molecule has 0 heteroatoms. The lowest BCUT2D eigenvalue weighted by Crippen LogP contribution is -1.82. The molecule has 0 aliphatic heterocycles. The summed E-state index contributed by atoms with van der Waals surface area (Å²) in [4.78, 5) is 0. The van der Waals surface area contributed by atoms with E-state index in [2.05, 4.69) is 82.3 Å². The molecule has 2 rings (SSSR count). The highest BCUT2D eigenvalue weighted by Gasteiger charge is 1.98. The summed E-state index contributed by atoms with van der Waals surface area (Å²) >= 11 is 0. The van der Waals surface area contributed by atoms with Crippen molar-refractivity contribution in [3.05, 3.63) is 71.3 Å². The van der Waals surface area contributed by atoms with Crippen LogP contribution in [-0.2, 0) is 0 Å². The Labute approximate surface area is 117 Å². The first-order valence-electron chi connectivity index (χ1n) is 6.76. The molecule has 0 saturated carbocycles. The molecule has 0 radical (unpaired) electrons. The van der Waals surface area contributed by atoms with Crippen LogP contribution in [0, 0.1) is 13.8 Å². The Bertz CT molecular complexity index is 526. The molecule has 0 aromatic heterocycles. The standard InChI is InChI=1S/C14H14.C5H10/c1-11-7-9-13(10-8-11)14-6-4-3-5-12(14)2;1-4-5(2)3/h3-10H,1-2H3;4H,1-3H3. The highest BCUT2D eigenvalue weighted by atomic mass is 14.0. The topological polar surface area (TPSA) is 0 Å². The Morgan fingerprint density at radius 1 is 0.842 bits per heavy atom. The van der Waals surface area contributed by atoms with Gasteiger partial charge in [-0.25, -0.2) is 0 Å². The van der Waals surface area contributed by atoms with E-state index in [1.807, 2.05) is 6.92 Å². The Balaban J connectivity index is 0.000000312. The fourth-order valence-corrected chi connectivity index (χ4v) is 1.63. The molecule has 0 N–H and O–H groups in total. The molecular formula is C19H24. The van der Waals surface area contributed by atoms with Gasteiger partial charge in [-0.05, 0) is 51.3 Å². The molecule has 0 fully saturated rings. The minimum absolute atomic E-state index is 1.30. The molecule has 0 amide bonds. The van der Waals surface area contributed by atoms with E-state index in [4.69, 9.17) is 0 Å². The maximum atomic E-state index is 2.18. The molecule has 0 nitrogen and oxygen atoms in total. The largest absolute Gasteiger partial charge is 0.0890 e. The first-order chi connectivity index (χ1) is 9.04. The van der Waals surface area contributed by atoms with E-state index >= 15 is 0 Å². The van der Waals surface area contributed by atoms with E-state index < -0.39 is 0 Å². The number of hydrogen-bond acceptors (Lipinski definition) is 0. The van der Waals surface area contributed by atoms with Crippen LogP contribution in [0.15, 0.2) is 60.2 Å². The Kier molecular flexibility index (Phi) is 6.08. The SMILES string of the molecule is CC=C(C)C.Cc1ccc(-c2ccccc2C)cc1. The van der Waals surface area contributed by atoms with Gasteiger partial charge in [-0.15, -0.1) is 0 Å². The number of rotatable bonds is 1. The van der Waals surface area contributed by atoms with Gasteiger partial charge in [0.25, 0.3) is 0 Å². The first-order valence-corrected chi connectivity index (χ1v) is 6.76. The van der Waals surface area contributed by atoms with E-state index in [1.165, 1.54) is 27.8 Å². The van der Waals surface area contributed by atoms with Crippen LogP contribution in [0.2, 0.25) is 0 Å². The summed E-state index contributed by atoms with van der Waals surface area (Å²) in [5, 5.41) is 0. The summed E-state index contributed by atoms with van der Waals surface area (Å²) in [6.07, 6.45) is 2.08. The third-order valence-corrected chi connectivity index (χ3v) is 3.08. The zero-order valence-electron chi connectivity index (χ0n) is 12.7. The predicted octanol–water partition coefficient (Wildman–Crippen LogP) is 5.94. The maximum Gasteiger partial charge on any atom is -0.0155 e. The van der Waals surface area contributed by atoms with Gasteiger partial charge in [0.1, 0.15) is 0 Å². The number of benzene rings is 2. The highest BCUT2D eigenvalue weighted by Crippen LogP contribution is 2.22. The van der Waals surface area contributed by atoms with Crippen molar-refractivity contribution in [3.63, 3.8) is 0 Å². The van der Waals surface area contributed by atoms with Crippen molar-refractivity contribution in [2.75, 3.05) is 0 Å². The second kappa shape index (κ2) is 7.58. The van der Waals surface area contributed by atoms with Crippen LogP contribution in [0.3, 0.4) is 0 Å². The average molecular weight is 252 g/mol. The van der Waals surface area contributed by atoms with Crippen LogP contribution in [-0.4, -0.2) is 0 Å². The summed E-state index contributed by atoms with van der Waals surface area (Å²) in [5.41, 5.74) is 6.64. The normalized spacial score (nSPS) is 9.32. The Hall–Kier alpha value is -1.82. The molecule has 2 aromatic carbocycles. The fourth-order valence-electron chi connectivity index (χ4n) is 1.63. The molecule has 0 aliphatic carbocycles. The van der Waals surface area contributed by atoms with Crippen molar-refractivity contribution in [1.29, 1.82) is 0 Å². The fraction of sp³-hybridized carbons (Fsp3) is 0.263. The second-order valence-corrected chi connectivity index (χ2v) is 5.05. The van der Waals surface area contributed by atoms with Crippen molar-refractivity contribution in [2.45, 2.75) is 34.6 Å². The van der Waals surface area contributed by atoms with Gasteiger partial charge >= 0.3 is 0 Å². The van der Waals surface area contributed by atoms with E-state index in [1.54, 1.807) is 0 Å². The van der Waals surface area contributed by atoms with Crippen LogP contribution in [0.4, 0.5) is 0 Å². The van der Waals surface area contributed by atoms with Gasteiger partial charge in [0.2, 0.25) is 0 Å². The molecular weight excluding hydrogens is 228 g/mol. The van der Waals surface area contributed by atoms with E-state index in [9.17, 15) is 0 Å². The summed E-state index contributed by atoms with van der Waals surface area (Å²) < 4.78 is 0. The van der Waals surface area contributed by atoms with Crippen molar-refractivity contribution in [2.24, 2.45) is 0 Å². The zero-order chi connectivity index (χ0) is 14.3. The maximum absolute atomic E-state index is 2.18. The molecule has 100 valence electrons. The number of allylic oxidation sites excluding steroid dienone is 2. The van der Waals surface area contributed by atoms with Crippen LogP contribution in [0.1, 0.15) is 31.9 Å². The van der Waals surface area contributed by atoms with Gasteiger partial charge in [0, 0.05) is 0 Å². The van der Waals surface area contributed by atoms with Crippen molar-refractivity contribution >= 4 is 0 Å². The van der Waals surface area contributed by atoms with Gasteiger partial charge in [-0.3, -0.25) is 0 Å². The summed E-state index contributed by atoms with van der Waals surface area (Å²) in [6, 6.07) is 17.1. The van der Waals surface area contributed by atoms with Gasteiger partial charge in [0.05, 0.1) is 0 Å². The third-order valence-electron chi connectivity index (χ3n) is 3.08. The van der Waals surface area contributed by atoms with Crippen molar-refractivity contribution in [3.8, 4) is 11.1 Å². The molecule has 0 heterocycles. The van der Waals surface area contributed by atoms with Crippen LogP contribution in [0.25, 0.3) is 11.1 Å².